The molecular weight excluding hydrogens is 429 g/mol. The second-order valence-electron chi connectivity index (χ2n) is 1.22. The molecule has 0 unspecified atom stereocenters. The molecular formula is C5H8O3S10. The van der Waals surface area contributed by atoms with Crippen molar-refractivity contribution in [1.82, 2.24) is 0 Å². The zero-order chi connectivity index (χ0) is 14.6. The van der Waals surface area contributed by atoms with Crippen LogP contribution in [0.1, 0.15) is 6.92 Å². The highest BCUT2D eigenvalue weighted by Crippen LogP contribution is 1.51. The number of rotatable bonds is 0. The van der Waals surface area contributed by atoms with Gasteiger partial charge in [-0.15, -0.1) is 0 Å². The average molecular weight is 437 g/mol. The van der Waals surface area contributed by atoms with Crippen molar-refractivity contribution in [2.75, 3.05) is 7.11 Å². The van der Waals surface area contributed by atoms with Gasteiger partial charge in [0.05, 0.1) is 0 Å². The van der Waals surface area contributed by atoms with E-state index in [4.69, 9.17) is 10.2 Å². The van der Waals surface area contributed by atoms with Crippen LogP contribution in [0.4, 0.5) is 0 Å². The van der Waals surface area contributed by atoms with Crippen LogP contribution >= 0.6 is 0 Å². The highest BCUT2D eigenvalue weighted by molar-refractivity contribution is 8.73. The predicted octanol–water partition coefficient (Wildman–Crippen LogP) is -0.321. The summed E-state index contributed by atoms with van der Waals surface area (Å²) >= 11 is 9.31. The first-order valence-corrected chi connectivity index (χ1v) is 15.4. The van der Waals surface area contributed by atoms with Gasteiger partial charge in [-0.2, -0.15) is 0 Å². The van der Waals surface area contributed by atoms with E-state index in [-0.39, 0.29) is 0 Å². The van der Waals surface area contributed by atoms with Crippen molar-refractivity contribution >= 4 is 99.4 Å². The molecule has 2 N–H and O–H groups in total. The topological polar surface area (TPSA) is 57.5 Å². The first-order chi connectivity index (χ1) is 8.68. The summed E-state index contributed by atoms with van der Waals surface area (Å²) in [4.78, 5) is 9.43. The molecule has 0 rings (SSSR count). The van der Waals surface area contributed by atoms with E-state index < -0.39 is 5.97 Å². The van der Waals surface area contributed by atoms with Crippen LogP contribution in [0.25, 0.3) is 0 Å². The number of aliphatic hydroxyl groups excluding tert-OH is 1. The number of carboxylic acids is 1. The average Bonchev–Trinajstić information content (AvgIpc) is 2.37. The third-order valence-corrected chi connectivity index (χ3v) is 16.0. The van der Waals surface area contributed by atoms with Crippen molar-refractivity contribution in [2.45, 2.75) is 6.92 Å². The molecule has 18 heavy (non-hydrogen) atoms. The Morgan fingerprint density at radius 1 is 0.944 bits per heavy atom. The summed E-state index contributed by atoms with van der Waals surface area (Å²) in [5.74, 6) is 3.02. The van der Waals surface area contributed by atoms with Gasteiger partial charge in [0.25, 0.3) is 0 Å². The van der Waals surface area contributed by atoms with Gasteiger partial charge in [0.1, 0.15) is 0 Å². The molecule has 0 fully saturated rings. The number of aliphatic carboxylic acids is 1. The molecule has 0 aromatic carbocycles. The number of hydrogen-bond acceptors (Lipinski definition) is 4. The van der Waals surface area contributed by atoms with Crippen molar-refractivity contribution < 1.29 is 15.0 Å². The van der Waals surface area contributed by atoms with Gasteiger partial charge in [0.2, 0.25) is 0 Å². The first kappa shape index (κ1) is 24.2. The summed E-state index contributed by atoms with van der Waals surface area (Å²) in [5, 5.41) is 14.7. The monoisotopic (exact) mass is 436 g/mol. The zero-order valence-electron chi connectivity index (χ0n) is 8.89. The predicted molar refractivity (Wildman–Crippen MR) is 103 cm³/mol. The van der Waals surface area contributed by atoms with E-state index in [0.29, 0.717) is 0 Å². The van der Waals surface area contributed by atoms with Crippen molar-refractivity contribution in [3.05, 3.63) is 0 Å². The molecule has 0 aliphatic heterocycles. The number of hydrogen-bond donors (Lipinski definition) is 2. The van der Waals surface area contributed by atoms with Crippen molar-refractivity contribution in [1.29, 1.82) is 0 Å². The molecule has 106 valence electrons. The maximum absolute atomic E-state index is 9.43. The van der Waals surface area contributed by atoms with Crippen LogP contribution < -0.4 is 0 Å². The van der Waals surface area contributed by atoms with Crippen LogP contribution in [0.15, 0.2) is 0 Å². The fourth-order valence-electron chi connectivity index (χ4n) is 0.175. The third-order valence-electron chi connectivity index (χ3n) is 0.426. The van der Waals surface area contributed by atoms with Crippen LogP contribution in [-0.2, 0) is 98.2 Å². The van der Waals surface area contributed by atoms with Crippen molar-refractivity contribution in [3.63, 3.8) is 0 Å². The molecule has 0 atom stereocenters. The van der Waals surface area contributed by atoms with Crippen LogP contribution in [0.5, 0.6) is 0 Å². The van der Waals surface area contributed by atoms with E-state index in [1.165, 1.54) is 24.7 Å². The summed E-state index contributed by atoms with van der Waals surface area (Å²) in [6, 6.07) is 0. The molecule has 0 amide bonds. The lowest BCUT2D eigenvalue weighted by atomic mass is 10.6. The Labute approximate surface area is 138 Å². The first-order valence-electron chi connectivity index (χ1n) is 3.37. The molecule has 0 bridgehead atoms. The SMILES string of the molecule is CC#CC(=O)O.CO.S=S=S=S=S=S=S=S=S=S. The van der Waals surface area contributed by atoms with Gasteiger partial charge in [-0.3, -0.25) is 0 Å². The summed E-state index contributed by atoms with van der Waals surface area (Å²) in [5.41, 5.74) is 0. The molecule has 0 aliphatic carbocycles. The fraction of sp³-hybridized carbons (Fsp3) is 0.400. The Balaban J connectivity index is -0.000000241. The van der Waals surface area contributed by atoms with Crippen molar-refractivity contribution in [3.8, 4) is 11.8 Å². The summed E-state index contributed by atoms with van der Waals surface area (Å²) < 4.78 is 0. The van der Waals surface area contributed by atoms with Gasteiger partial charge in [-0.05, 0) is 6.92 Å². The van der Waals surface area contributed by atoms with E-state index in [0.717, 1.165) is 7.11 Å². The van der Waals surface area contributed by atoms with Gasteiger partial charge in [0, 0.05) is 106 Å². The molecule has 13 heteroatoms. The Bertz CT molecular complexity index is 554. The van der Waals surface area contributed by atoms with Crippen molar-refractivity contribution in [2.24, 2.45) is 0 Å². The lowest BCUT2D eigenvalue weighted by Gasteiger charge is -1.63. The minimum atomic E-state index is -1.07. The number of aliphatic hydroxyl groups is 1. The third kappa shape index (κ3) is 36.0. The fourth-order valence-corrected chi connectivity index (χ4v) is 16.6. The van der Waals surface area contributed by atoms with E-state index in [2.05, 4.69) is 28.3 Å². The smallest absolute Gasteiger partial charge is 0.381 e. The molecule has 0 saturated carbocycles. The van der Waals surface area contributed by atoms with Gasteiger partial charge >= 0.3 is 5.97 Å². The molecule has 0 radical (unpaired) electrons. The Morgan fingerprint density at radius 3 is 1.44 bits per heavy atom. The van der Waals surface area contributed by atoms with Gasteiger partial charge in [0.15, 0.2) is 0 Å². The highest BCUT2D eigenvalue weighted by Gasteiger charge is 1.76. The van der Waals surface area contributed by atoms with E-state index in [9.17, 15) is 4.79 Å². The highest BCUT2D eigenvalue weighted by atomic mass is 33.4. The number of carbonyl (C=O) groups is 1. The largest absolute Gasteiger partial charge is 0.472 e. The standard InChI is InChI=1S/C4H4O2.CH4O.S10/c1-2-3-4(5)6;1-2;1-3-5-7-9-10-8-6-4-2/h1H3,(H,5,6);2H,1H3;. The molecule has 0 saturated heterocycles. The Morgan fingerprint density at radius 2 is 1.28 bits per heavy atom. The second-order valence-corrected chi connectivity index (χ2v) is 15.4. The van der Waals surface area contributed by atoms with E-state index in [1.54, 1.807) is 53.3 Å². The van der Waals surface area contributed by atoms with Gasteiger partial charge in [-0.1, -0.05) is 5.92 Å². The summed E-state index contributed by atoms with van der Waals surface area (Å²) in [6.45, 7) is 1.48. The minimum Gasteiger partial charge on any atom is -0.472 e. The van der Waals surface area contributed by atoms with Crippen LogP contribution in [0, 0.1) is 11.8 Å². The van der Waals surface area contributed by atoms with Crippen LogP contribution in [0.2, 0.25) is 0 Å². The quantitative estimate of drug-likeness (QED) is 0.510. The normalized spacial score (nSPS) is 5.94. The molecule has 0 aromatic rings. The maximum atomic E-state index is 9.43. The van der Waals surface area contributed by atoms with Gasteiger partial charge < -0.3 is 10.2 Å². The number of carboxylic acid groups (broad SMARTS) is 1. The van der Waals surface area contributed by atoms with Crippen LogP contribution in [-0.4, -0.2) is 23.3 Å². The lowest BCUT2D eigenvalue weighted by Crippen LogP contribution is -1.84. The molecule has 0 heterocycles. The van der Waals surface area contributed by atoms with Crippen LogP contribution in [0.3, 0.4) is 0 Å². The van der Waals surface area contributed by atoms with E-state index in [1.807, 2.05) is 5.92 Å². The van der Waals surface area contributed by atoms with Gasteiger partial charge in [-0.25, -0.2) is 4.79 Å². The zero-order valence-corrected chi connectivity index (χ0v) is 17.1. The second kappa shape index (κ2) is 26.7. The molecule has 3 nitrogen and oxygen atoms in total. The molecule has 0 aliphatic rings. The molecule has 0 spiro atoms. The maximum Gasteiger partial charge on any atom is 0.381 e. The molecule has 0 aromatic heterocycles. The summed E-state index contributed by atoms with van der Waals surface area (Å²) in [7, 11) is 13.7. The lowest BCUT2D eigenvalue weighted by molar-refractivity contribution is -0.130. The van der Waals surface area contributed by atoms with E-state index >= 15 is 0 Å². The Hall–Kier alpha value is 1.19. The minimum absolute atomic E-state index is 1.00. The Kier molecular flexibility index (Phi) is 35.9. The summed E-state index contributed by atoms with van der Waals surface area (Å²) in [6.07, 6.45) is 0.